The molecular weight excluding hydrogens is 354 g/mol. The van der Waals surface area contributed by atoms with Crippen molar-refractivity contribution in [3.63, 3.8) is 0 Å². The minimum Gasteiger partial charge on any atom is -0.367 e. The molecule has 0 aromatic heterocycles. The predicted molar refractivity (Wildman–Crippen MR) is 120 cm³/mol. The van der Waals surface area contributed by atoms with Gasteiger partial charge in [0.25, 0.3) is 0 Å². The molecule has 2 nitrogen and oxygen atoms in total. The summed E-state index contributed by atoms with van der Waals surface area (Å²) >= 11 is 0. The normalized spacial score (nSPS) is 15.6. The molecule has 0 atom stereocenters. The van der Waals surface area contributed by atoms with E-state index < -0.39 is 0 Å². The first-order valence-electron chi connectivity index (χ1n) is 10.9. The van der Waals surface area contributed by atoms with Crippen LogP contribution >= 0.6 is 0 Å². The van der Waals surface area contributed by atoms with Gasteiger partial charge < -0.3 is 9.64 Å². The molecule has 0 spiro atoms. The van der Waals surface area contributed by atoms with E-state index in [4.69, 9.17) is 4.74 Å². The van der Waals surface area contributed by atoms with E-state index in [1.54, 1.807) is 0 Å². The zero-order valence-corrected chi connectivity index (χ0v) is 17.1. The highest BCUT2D eigenvalue weighted by Gasteiger charge is 2.20. The van der Waals surface area contributed by atoms with Gasteiger partial charge in [-0.15, -0.1) is 0 Å². The number of ether oxygens (including phenoxy) is 1. The SMILES string of the molecule is c1ccc(CC2CCN(CCOC(c3ccccc3)c3ccccc3)CC2)cc1. The molecule has 1 saturated heterocycles. The number of hydrogen-bond acceptors (Lipinski definition) is 2. The van der Waals surface area contributed by atoms with Crippen LogP contribution in [-0.2, 0) is 11.2 Å². The number of likely N-dealkylation sites (tertiary alicyclic amines) is 1. The molecule has 0 amide bonds. The fourth-order valence-corrected chi connectivity index (χ4v) is 4.30. The molecule has 1 fully saturated rings. The van der Waals surface area contributed by atoms with E-state index in [2.05, 4.69) is 95.9 Å². The Bertz CT molecular complexity index is 787. The molecule has 0 aliphatic carbocycles. The Labute approximate surface area is 175 Å². The summed E-state index contributed by atoms with van der Waals surface area (Å²) in [4.78, 5) is 2.56. The Balaban J connectivity index is 1.26. The Kier molecular flexibility index (Phi) is 7.12. The summed E-state index contributed by atoms with van der Waals surface area (Å²) in [7, 11) is 0. The van der Waals surface area contributed by atoms with Gasteiger partial charge >= 0.3 is 0 Å². The standard InChI is InChI=1S/C27H31NO/c1-4-10-23(11-5-1)22-24-16-18-28(19-17-24)20-21-29-27(25-12-6-2-7-13-25)26-14-8-3-9-15-26/h1-15,24,27H,16-22H2. The maximum absolute atomic E-state index is 6.40. The van der Waals surface area contributed by atoms with Gasteiger partial charge in [0.05, 0.1) is 6.61 Å². The van der Waals surface area contributed by atoms with E-state index in [-0.39, 0.29) is 6.10 Å². The van der Waals surface area contributed by atoms with E-state index in [1.807, 2.05) is 0 Å². The molecule has 0 bridgehead atoms. The lowest BCUT2D eigenvalue weighted by Gasteiger charge is -2.32. The number of hydrogen-bond donors (Lipinski definition) is 0. The van der Waals surface area contributed by atoms with Gasteiger partial charge in [-0.2, -0.15) is 0 Å². The highest BCUT2D eigenvalue weighted by Crippen LogP contribution is 2.26. The molecule has 0 N–H and O–H groups in total. The predicted octanol–water partition coefficient (Wildman–Crippen LogP) is 5.75. The van der Waals surface area contributed by atoms with Gasteiger partial charge in [-0.25, -0.2) is 0 Å². The first-order chi connectivity index (χ1) is 14.4. The summed E-state index contributed by atoms with van der Waals surface area (Å²) in [6.07, 6.45) is 3.80. The van der Waals surface area contributed by atoms with E-state index >= 15 is 0 Å². The maximum Gasteiger partial charge on any atom is 0.108 e. The average molecular weight is 386 g/mol. The van der Waals surface area contributed by atoms with Crippen molar-refractivity contribution in [2.24, 2.45) is 5.92 Å². The van der Waals surface area contributed by atoms with Gasteiger partial charge in [0, 0.05) is 6.54 Å². The molecule has 1 heterocycles. The summed E-state index contributed by atoms with van der Waals surface area (Å²) < 4.78 is 6.40. The van der Waals surface area contributed by atoms with Crippen LogP contribution < -0.4 is 0 Å². The van der Waals surface area contributed by atoms with Crippen LogP contribution in [0.1, 0.15) is 35.6 Å². The molecule has 4 rings (SSSR count). The minimum atomic E-state index is 0.00743. The largest absolute Gasteiger partial charge is 0.367 e. The lowest BCUT2D eigenvalue weighted by molar-refractivity contribution is 0.0514. The fraction of sp³-hybridized carbons (Fsp3) is 0.333. The first-order valence-corrected chi connectivity index (χ1v) is 10.9. The van der Waals surface area contributed by atoms with Crippen LogP contribution in [0.15, 0.2) is 91.0 Å². The van der Waals surface area contributed by atoms with Gasteiger partial charge in [0.1, 0.15) is 6.10 Å². The Morgan fingerprint density at radius 2 is 1.24 bits per heavy atom. The van der Waals surface area contributed by atoms with E-state index in [0.717, 1.165) is 19.1 Å². The van der Waals surface area contributed by atoms with Crippen LogP contribution in [0.25, 0.3) is 0 Å². The van der Waals surface area contributed by atoms with Crippen molar-refractivity contribution in [1.82, 2.24) is 4.90 Å². The molecule has 0 saturated carbocycles. The van der Waals surface area contributed by atoms with E-state index in [0.29, 0.717) is 0 Å². The van der Waals surface area contributed by atoms with Crippen molar-refractivity contribution in [3.8, 4) is 0 Å². The molecule has 2 heteroatoms. The van der Waals surface area contributed by atoms with Gasteiger partial charge in [0.2, 0.25) is 0 Å². The second-order valence-electron chi connectivity index (χ2n) is 8.05. The fourth-order valence-electron chi connectivity index (χ4n) is 4.30. The molecule has 29 heavy (non-hydrogen) atoms. The summed E-state index contributed by atoms with van der Waals surface area (Å²) in [5.74, 6) is 0.816. The van der Waals surface area contributed by atoms with Gasteiger partial charge in [0.15, 0.2) is 0 Å². The van der Waals surface area contributed by atoms with Crippen molar-refractivity contribution < 1.29 is 4.74 Å². The summed E-state index contributed by atoms with van der Waals surface area (Å²) in [6, 6.07) is 32.0. The molecule has 0 unspecified atom stereocenters. The monoisotopic (exact) mass is 385 g/mol. The maximum atomic E-state index is 6.40. The van der Waals surface area contributed by atoms with Crippen LogP contribution in [0.5, 0.6) is 0 Å². The van der Waals surface area contributed by atoms with Crippen molar-refractivity contribution in [2.75, 3.05) is 26.2 Å². The van der Waals surface area contributed by atoms with Crippen LogP contribution in [0.2, 0.25) is 0 Å². The van der Waals surface area contributed by atoms with E-state index in [1.165, 1.54) is 49.0 Å². The smallest absolute Gasteiger partial charge is 0.108 e. The van der Waals surface area contributed by atoms with Crippen LogP contribution in [0.4, 0.5) is 0 Å². The van der Waals surface area contributed by atoms with Crippen LogP contribution in [0, 0.1) is 5.92 Å². The molecule has 1 aliphatic heterocycles. The Morgan fingerprint density at radius 3 is 1.79 bits per heavy atom. The van der Waals surface area contributed by atoms with Crippen LogP contribution in [0.3, 0.4) is 0 Å². The van der Waals surface area contributed by atoms with Gasteiger partial charge in [-0.1, -0.05) is 91.0 Å². The first kappa shape index (κ1) is 19.9. The molecule has 1 aliphatic rings. The lowest BCUT2D eigenvalue weighted by Crippen LogP contribution is -2.36. The molecular formula is C27H31NO. The zero-order valence-electron chi connectivity index (χ0n) is 17.1. The number of piperidine rings is 1. The van der Waals surface area contributed by atoms with Crippen LogP contribution in [-0.4, -0.2) is 31.1 Å². The minimum absolute atomic E-state index is 0.00743. The van der Waals surface area contributed by atoms with Gasteiger partial charge in [-0.05, 0) is 55.0 Å². The second kappa shape index (κ2) is 10.4. The molecule has 150 valence electrons. The number of nitrogens with zero attached hydrogens (tertiary/aromatic N) is 1. The van der Waals surface area contributed by atoms with Crippen molar-refractivity contribution in [3.05, 3.63) is 108 Å². The third kappa shape index (κ3) is 5.79. The lowest BCUT2D eigenvalue weighted by atomic mass is 9.90. The molecule has 3 aromatic carbocycles. The van der Waals surface area contributed by atoms with Crippen molar-refractivity contribution in [1.29, 1.82) is 0 Å². The number of benzene rings is 3. The summed E-state index contributed by atoms with van der Waals surface area (Å²) in [5.41, 5.74) is 3.92. The summed E-state index contributed by atoms with van der Waals surface area (Å²) in [6.45, 7) is 4.14. The highest BCUT2D eigenvalue weighted by molar-refractivity contribution is 5.29. The highest BCUT2D eigenvalue weighted by atomic mass is 16.5. The summed E-state index contributed by atoms with van der Waals surface area (Å²) in [5, 5.41) is 0. The number of rotatable bonds is 8. The Morgan fingerprint density at radius 1 is 0.724 bits per heavy atom. The van der Waals surface area contributed by atoms with Crippen molar-refractivity contribution >= 4 is 0 Å². The third-order valence-electron chi connectivity index (χ3n) is 5.97. The quantitative estimate of drug-likeness (QED) is 0.490. The van der Waals surface area contributed by atoms with Gasteiger partial charge in [-0.3, -0.25) is 0 Å². The molecule has 0 radical (unpaired) electrons. The topological polar surface area (TPSA) is 12.5 Å². The second-order valence-corrected chi connectivity index (χ2v) is 8.05. The van der Waals surface area contributed by atoms with Crippen molar-refractivity contribution in [2.45, 2.75) is 25.4 Å². The zero-order chi connectivity index (χ0) is 19.7. The molecule has 3 aromatic rings. The third-order valence-corrected chi connectivity index (χ3v) is 5.97. The van der Waals surface area contributed by atoms with E-state index in [9.17, 15) is 0 Å². The average Bonchev–Trinajstić information content (AvgIpc) is 2.80. The Hall–Kier alpha value is -2.42.